The van der Waals surface area contributed by atoms with Gasteiger partial charge in [-0.05, 0) is 23.1 Å². The predicted molar refractivity (Wildman–Crippen MR) is 128 cm³/mol. The Hall–Kier alpha value is -3.48. The molecule has 1 amide bonds. The lowest BCUT2D eigenvalue weighted by Gasteiger charge is -2.27. The molecule has 6 nitrogen and oxygen atoms in total. The van der Waals surface area contributed by atoms with Crippen molar-refractivity contribution in [1.82, 2.24) is 4.90 Å². The van der Waals surface area contributed by atoms with Gasteiger partial charge in [-0.1, -0.05) is 91.0 Å². The molecule has 1 N–H and O–H groups in total. The second-order valence-corrected chi connectivity index (χ2v) is 8.51. The van der Waals surface area contributed by atoms with Gasteiger partial charge in [-0.15, -0.1) is 0 Å². The number of likely N-dealkylation sites (tertiary alicyclic amines) is 1. The molecular weight excluding hydrogens is 430 g/mol. The first-order valence-corrected chi connectivity index (χ1v) is 11.5. The largest absolute Gasteiger partial charge is 0.463 e. The van der Waals surface area contributed by atoms with Crippen molar-refractivity contribution in [3.63, 3.8) is 0 Å². The van der Waals surface area contributed by atoms with Gasteiger partial charge in [0.1, 0.15) is 6.61 Å². The Morgan fingerprint density at radius 1 is 0.882 bits per heavy atom. The van der Waals surface area contributed by atoms with Crippen LogP contribution in [-0.4, -0.2) is 48.2 Å². The fraction of sp³-hybridized carbons (Fsp3) is 0.286. The minimum absolute atomic E-state index is 0.0119. The van der Waals surface area contributed by atoms with E-state index < -0.39 is 11.6 Å². The topological polar surface area (TPSA) is 76.1 Å². The summed E-state index contributed by atoms with van der Waals surface area (Å²) in [6, 6.07) is 27.3. The van der Waals surface area contributed by atoms with Gasteiger partial charge in [0.25, 0.3) is 0 Å². The normalized spacial score (nSPS) is 15.8. The number of amides is 1. The minimum Gasteiger partial charge on any atom is -0.463 e. The van der Waals surface area contributed by atoms with E-state index in [9.17, 15) is 14.7 Å². The Kier molecular flexibility index (Phi) is 7.72. The summed E-state index contributed by atoms with van der Waals surface area (Å²) >= 11 is 0. The Morgan fingerprint density at radius 2 is 1.44 bits per heavy atom. The molecule has 0 saturated carbocycles. The molecule has 176 valence electrons. The van der Waals surface area contributed by atoms with Crippen molar-refractivity contribution >= 4 is 11.9 Å². The SMILES string of the molecule is O=C(COCc1ccccc1)N1CCC(COC(=O)C(O)(c2ccccc2)c2ccccc2)C1. The number of ether oxygens (including phenoxy) is 2. The average Bonchev–Trinajstić information content (AvgIpc) is 3.38. The molecular formula is C28H29NO5. The number of rotatable bonds is 9. The molecule has 3 aromatic carbocycles. The number of carbonyl (C=O) groups is 2. The molecule has 1 fully saturated rings. The van der Waals surface area contributed by atoms with Crippen LogP contribution in [0.5, 0.6) is 0 Å². The summed E-state index contributed by atoms with van der Waals surface area (Å²) in [5.74, 6) is -0.784. The van der Waals surface area contributed by atoms with Crippen LogP contribution in [0.1, 0.15) is 23.1 Å². The van der Waals surface area contributed by atoms with E-state index >= 15 is 0 Å². The molecule has 0 spiro atoms. The van der Waals surface area contributed by atoms with E-state index in [1.165, 1.54) is 0 Å². The van der Waals surface area contributed by atoms with Crippen LogP contribution in [0.4, 0.5) is 0 Å². The van der Waals surface area contributed by atoms with Crippen LogP contribution >= 0.6 is 0 Å². The summed E-state index contributed by atoms with van der Waals surface area (Å²) in [7, 11) is 0. The fourth-order valence-corrected chi connectivity index (χ4v) is 4.18. The summed E-state index contributed by atoms with van der Waals surface area (Å²) in [4.78, 5) is 27.4. The standard InChI is InChI=1S/C28H29NO5/c30-26(21-33-19-22-10-4-1-5-11-22)29-17-16-23(18-29)20-34-27(31)28(32,24-12-6-2-7-13-24)25-14-8-3-9-15-25/h1-15,23,32H,16-21H2. The first-order valence-electron chi connectivity index (χ1n) is 11.5. The summed E-state index contributed by atoms with van der Waals surface area (Å²) in [6.07, 6.45) is 0.729. The van der Waals surface area contributed by atoms with Gasteiger partial charge in [-0.2, -0.15) is 0 Å². The van der Waals surface area contributed by atoms with Gasteiger partial charge < -0.3 is 19.5 Å². The second-order valence-electron chi connectivity index (χ2n) is 8.51. The van der Waals surface area contributed by atoms with E-state index in [1.54, 1.807) is 53.4 Å². The first-order chi connectivity index (χ1) is 16.6. The van der Waals surface area contributed by atoms with Crippen molar-refractivity contribution in [3.05, 3.63) is 108 Å². The van der Waals surface area contributed by atoms with Gasteiger partial charge in [0.15, 0.2) is 0 Å². The summed E-state index contributed by atoms with van der Waals surface area (Å²) < 4.78 is 11.2. The lowest BCUT2D eigenvalue weighted by molar-refractivity contribution is -0.163. The Balaban J connectivity index is 1.31. The zero-order valence-corrected chi connectivity index (χ0v) is 19.0. The quantitative estimate of drug-likeness (QED) is 0.496. The maximum absolute atomic E-state index is 13.1. The maximum Gasteiger partial charge on any atom is 0.347 e. The van der Waals surface area contributed by atoms with E-state index in [2.05, 4.69) is 0 Å². The number of hydrogen-bond acceptors (Lipinski definition) is 5. The van der Waals surface area contributed by atoms with Crippen molar-refractivity contribution in [1.29, 1.82) is 0 Å². The first kappa shape index (κ1) is 23.7. The molecule has 0 radical (unpaired) electrons. The molecule has 1 atom stereocenters. The number of benzene rings is 3. The van der Waals surface area contributed by atoms with Crippen LogP contribution in [0, 0.1) is 5.92 Å². The number of hydrogen-bond donors (Lipinski definition) is 1. The highest BCUT2D eigenvalue weighted by molar-refractivity contribution is 5.85. The van der Waals surface area contributed by atoms with E-state index in [0.29, 0.717) is 30.8 Å². The Labute approximate surface area is 199 Å². The van der Waals surface area contributed by atoms with Crippen LogP contribution in [0.15, 0.2) is 91.0 Å². The average molecular weight is 460 g/mol. The highest BCUT2D eigenvalue weighted by Crippen LogP contribution is 2.31. The lowest BCUT2D eigenvalue weighted by atomic mass is 9.86. The molecule has 1 unspecified atom stereocenters. The van der Waals surface area contributed by atoms with Crippen LogP contribution in [0.2, 0.25) is 0 Å². The Morgan fingerprint density at radius 3 is 2.03 bits per heavy atom. The van der Waals surface area contributed by atoms with Crippen molar-refractivity contribution in [2.75, 3.05) is 26.3 Å². The monoisotopic (exact) mass is 459 g/mol. The van der Waals surface area contributed by atoms with Crippen molar-refractivity contribution in [3.8, 4) is 0 Å². The summed E-state index contributed by atoms with van der Waals surface area (Å²) in [5.41, 5.74) is 0.0165. The number of aliphatic hydroxyl groups is 1. The molecule has 1 heterocycles. The third-order valence-corrected chi connectivity index (χ3v) is 6.10. The molecule has 0 aliphatic carbocycles. The molecule has 1 aliphatic rings. The number of esters is 1. The second kappa shape index (κ2) is 11.1. The molecule has 0 aromatic heterocycles. The zero-order valence-electron chi connectivity index (χ0n) is 19.0. The third kappa shape index (κ3) is 5.53. The maximum atomic E-state index is 13.1. The minimum atomic E-state index is -1.90. The molecule has 1 aliphatic heterocycles. The van der Waals surface area contributed by atoms with Crippen LogP contribution in [-0.2, 0) is 31.3 Å². The zero-order chi connectivity index (χ0) is 23.8. The van der Waals surface area contributed by atoms with E-state index in [0.717, 1.165) is 12.0 Å². The molecule has 3 aromatic rings. The third-order valence-electron chi connectivity index (χ3n) is 6.10. The summed E-state index contributed by atoms with van der Waals surface area (Å²) in [6.45, 7) is 1.63. The van der Waals surface area contributed by atoms with Gasteiger partial charge in [-0.25, -0.2) is 4.79 Å². The molecule has 0 bridgehead atoms. The van der Waals surface area contributed by atoms with Crippen molar-refractivity contribution < 1.29 is 24.2 Å². The smallest absolute Gasteiger partial charge is 0.347 e. The van der Waals surface area contributed by atoms with Gasteiger partial charge >= 0.3 is 5.97 Å². The van der Waals surface area contributed by atoms with Gasteiger partial charge in [0, 0.05) is 19.0 Å². The fourth-order valence-electron chi connectivity index (χ4n) is 4.18. The lowest BCUT2D eigenvalue weighted by Crippen LogP contribution is -2.39. The van der Waals surface area contributed by atoms with Crippen LogP contribution < -0.4 is 0 Å². The highest BCUT2D eigenvalue weighted by atomic mass is 16.5. The van der Waals surface area contributed by atoms with Gasteiger partial charge in [0.2, 0.25) is 11.5 Å². The number of carbonyl (C=O) groups excluding carboxylic acids is 2. The molecule has 1 saturated heterocycles. The molecule has 4 rings (SSSR count). The van der Waals surface area contributed by atoms with E-state index in [-0.39, 0.29) is 25.0 Å². The van der Waals surface area contributed by atoms with Crippen molar-refractivity contribution in [2.24, 2.45) is 5.92 Å². The summed E-state index contributed by atoms with van der Waals surface area (Å²) in [5, 5.41) is 11.5. The van der Waals surface area contributed by atoms with Gasteiger partial charge in [-0.3, -0.25) is 4.79 Å². The van der Waals surface area contributed by atoms with Crippen molar-refractivity contribution in [2.45, 2.75) is 18.6 Å². The van der Waals surface area contributed by atoms with Crippen LogP contribution in [0.25, 0.3) is 0 Å². The van der Waals surface area contributed by atoms with Crippen LogP contribution in [0.3, 0.4) is 0 Å². The predicted octanol–water partition coefficient (Wildman–Crippen LogP) is 3.53. The van der Waals surface area contributed by atoms with E-state index in [1.807, 2.05) is 42.5 Å². The molecule has 34 heavy (non-hydrogen) atoms. The highest BCUT2D eigenvalue weighted by Gasteiger charge is 2.42. The molecule has 6 heteroatoms. The van der Waals surface area contributed by atoms with Gasteiger partial charge in [0.05, 0.1) is 13.2 Å². The Bertz CT molecular complexity index is 1030. The van der Waals surface area contributed by atoms with E-state index in [4.69, 9.17) is 9.47 Å². The number of nitrogens with zero attached hydrogens (tertiary/aromatic N) is 1.